The van der Waals surface area contributed by atoms with Crippen LogP contribution in [0.15, 0.2) is 18.2 Å². The van der Waals surface area contributed by atoms with Crippen LogP contribution in [0.3, 0.4) is 0 Å². The summed E-state index contributed by atoms with van der Waals surface area (Å²) in [4.78, 5) is 8.28. The van der Waals surface area contributed by atoms with Gasteiger partial charge in [0.25, 0.3) is 0 Å². The molecule has 0 aliphatic heterocycles. The van der Waals surface area contributed by atoms with Gasteiger partial charge >= 0.3 is 0 Å². The second kappa shape index (κ2) is 4.60. The summed E-state index contributed by atoms with van der Waals surface area (Å²) < 4.78 is 13.7. The van der Waals surface area contributed by atoms with Gasteiger partial charge in [-0.15, -0.1) is 0 Å². The van der Waals surface area contributed by atoms with E-state index in [4.69, 9.17) is 5.73 Å². The smallest absolute Gasteiger partial charge is 0.146 e. The van der Waals surface area contributed by atoms with Gasteiger partial charge in [0, 0.05) is 5.56 Å². The molecular weight excluding hydrogens is 231 g/mol. The number of anilines is 3. The predicted octanol–water partition coefficient (Wildman–Crippen LogP) is 2.87. The van der Waals surface area contributed by atoms with E-state index in [1.54, 1.807) is 26.0 Å². The van der Waals surface area contributed by atoms with Gasteiger partial charge in [-0.1, -0.05) is 6.07 Å². The lowest BCUT2D eigenvalue weighted by atomic mass is 10.2. The minimum Gasteiger partial charge on any atom is -0.383 e. The Morgan fingerprint density at radius 1 is 1.17 bits per heavy atom. The molecule has 1 aromatic heterocycles. The van der Waals surface area contributed by atoms with Crippen molar-refractivity contribution in [1.29, 1.82) is 0 Å². The van der Waals surface area contributed by atoms with E-state index >= 15 is 0 Å². The molecule has 4 nitrogen and oxygen atoms in total. The summed E-state index contributed by atoms with van der Waals surface area (Å²) in [7, 11) is 0. The third-order valence-electron chi connectivity index (χ3n) is 2.67. The highest BCUT2D eigenvalue weighted by molar-refractivity contribution is 5.64. The van der Waals surface area contributed by atoms with E-state index in [2.05, 4.69) is 15.3 Å². The quantitative estimate of drug-likeness (QED) is 0.855. The molecular formula is C13H15FN4. The van der Waals surface area contributed by atoms with Gasteiger partial charge < -0.3 is 11.1 Å². The molecule has 0 spiro atoms. The van der Waals surface area contributed by atoms with Crippen molar-refractivity contribution in [3.05, 3.63) is 41.0 Å². The summed E-state index contributed by atoms with van der Waals surface area (Å²) in [6.45, 7) is 5.44. The van der Waals surface area contributed by atoms with E-state index in [9.17, 15) is 4.39 Å². The second-order valence-electron chi connectivity index (χ2n) is 4.24. The number of aromatic nitrogens is 2. The third-order valence-corrected chi connectivity index (χ3v) is 2.67. The van der Waals surface area contributed by atoms with Gasteiger partial charge in [-0.3, -0.25) is 0 Å². The van der Waals surface area contributed by atoms with Gasteiger partial charge in [-0.25, -0.2) is 14.4 Å². The van der Waals surface area contributed by atoms with Crippen LogP contribution in [0.5, 0.6) is 0 Å². The lowest BCUT2D eigenvalue weighted by molar-refractivity contribution is 0.631. The Morgan fingerprint density at radius 3 is 2.61 bits per heavy atom. The fourth-order valence-corrected chi connectivity index (χ4v) is 1.63. The molecule has 0 bridgehead atoms. The Bertz CT molecular complexity index is 596. The monoisotopic (exact) mass is 246 g/mol. The first-order valence-corrected chi connectivity index (χ1v) is 5.61. The van der Waals surface area contributed by atoms with Gasteiger partial charge in [-0.2, -0.15) is 0 Å². The van der Waals surface area contributed by atoms with Gasteiger partial charge in [-0.05, 0) is 38.5 Å². The first kappa shape index (κ1) is 12.3. The van der Waals surface area contributed by atoms with Crippen LogP contribution in [0.25, 0.3) is 0 Å². The van der Waals surface area contributed by atoms with Gasteiger partial charge in [0.2, 0.25) is 0 Å². The fourth-order valence-electron chi connectivity index (χ4n) is 1.63. The maximum absolute atomic E-state index is 13.7. The molecule has 0 saturated carbocycles. The van der Waals surface area contributed by atoms with Crippen molar-refractivity contribution in [2.45, 2.75) is 20.8 Å². The number of hydrogen-bond donors (Lipinski definition) is 2. The van der Waals surface area contributed by atoms with Crippen LogP contribution in [0, 0.1) is 26.6 Å². The standard InChI is InChI=1S/C13H15FN4/c1-7-4-5-10(14)11(6-7)18-13-8(2)12(15)16-9(3)17-13/h4-6H,1-3H3,(H3,15,16,17,18). The van der Waals surface area contributed by atoms with E-state index in [1.807, 2.05) is 6.92 Å². The molecule has 0 radical (unpaired) electrons. The molecule has 0 fully saturated rings. The highest BCUT2D eigenvalue weighted by Crippen LogP contribution is 2.24. The zero-order valence-corrected chi connectivity index (χ0v) is 10.6. The highest BCUT2D eigenvalue weighted by atomic mass is 19.1. The van der Waals surface area contributed by atoms with Crippen LogP contribution in [-0.2, 0) is 0 Å². The van der Waals surface area contributed by atoms with E-state index in [1.165, 1.54) is 6.07 Å². The van der Waals surface area contributed by atoms with E-state index in [0.717, 1.165) is 5.56 Å². The molecule has 2 aromatic rings. The largest absolute Gasteiger partial charge is 0.383 e. The Morgan fingerprint density at radius 2 is 1.89 bits per heavy atom. The molecule has 94 valence electrons. The van der Waals surface area contributed by atoms with Gasteiger partial charge in [0.15, 0.2) is 0 Å². The van der Waals surface area contributed by atoms with Crippen LogP contribution in [0.2, 0.25) is 0 Å². The topological polar surface area (TPSA) is 63.8 Å². The third kappa shape index (κ3) is 2.40. The predicted molar refractivity (Wildman–Crippen MR) is 70.3 cm³/mol. The maximum atomic E-state index is 13.7. The molecule has 1 aromatic carbocycles. The minimum absolute atomic E-state index is 0.324. The summed E-state index contributed by atoms with van der Waals surface area (Å²) in [5.41, 5.74) is 7.82. The van der Waals surface area contributed by atoms with Crippen molar-refractivity contribution in [3.8, 4) is 0 Å². The van der Waals surface area contributed by atoms with Gasteiger partial charge in [0.1, 0.15) is 23.3 Å². The van der Waals surface area contributed by atoms with Crippen molar-refractivity contribution in [2.75, 3.05) is 11.1 Å². The Balaban J connectivity index is 2.43. The molecule has 3 N–H and O–H groups in total. The molecule has 0 amide bonds. The molecule has 2 rings (SSSR count). The first-order valence-electron chi connectivity index (χ1n) is 5.61. The summed E-state index contributed by atoms with van der Waals surface area (Å²) in [6.07, 6.45) is 0. The zero-order valence-electron chi connectivity index (χ0n) is 10.6. The number of nitrogen functional groups attached to an aromatic ring is 1. The summed E-state index contributed by atoms with van der Waals surface area (Å²) >= 11 is 0. The van der Waals surface area contributed by atoms with Crippen molar-refractivity contribution < 1.29 is 4.39 Å². The summed E-state index contributed by atoms with van der Waals surface area (Å²) in [5.74, 6) is 1.16. The molecule has 0 saturated heterocycles. The van der Waals surface area contributed by atoms with Crippen LogP contribution in [0.4, 0.5) is 21.7 Å². The van der Waals surface area contributed by atoms with Crippen molar-refractivity contribution >= 4 is 17.3 Å². The number of rotatable bonds is 2. The normalized spacial score (nSPS) is 10.4. The molecule has 1 heterocycles. The van der Waals surface area contributed by atoms with Crippen molar-refractivity contribution in [2.24, 2.45) is 0 Å². The number of hydrogen-bond acceptors (Lipinski definition) is 4. The highest BCUT2D eigenvalue weighted by Gasteiger charge is 2.09. The molecule has 5 heteroatoms. The van der Waals surface area contributed by atoms with Crippen LogP contribution < -0.4 is 11.1 Å². The van der Waals surface area contributed by atoms with Crippen molar-refractivity contribution in [1.82, 2.24) is 9.97 Å². The molecule has 0 unspecified atom stereocenters. The number of halogens is 1. The maximum Gasteiger partial charge on any atom is 0.146 e. The van der Waals surface area contributed by atoms with E-state index in [0.29, 0.717) is 28.7 Å². The average Bonchev–Trinajstić information content (AvgIpc) is 2.30. The number of nitrogens with one attached hydrogen (secondary N) is 1. The summed E-state index contributed by atoms with van der Waals surface area (Å²) in [5, 5.41) is 2.96. The lowest BCUT2D eigenvalue weighted by Gasteiger charge is -2.12. The van der Waals surface area contributed by atoms with E-state index in [-0.39, 0.29) is 5.82 Å². The van der Waals surface area contributed by atoms with Crippen LogP contribution >= 0.6 is 0 Å². The van der Waals surface area contributed by atoms with E-state index < -0.39 is 0 Å². The van der Waals surface area contributed by atoms with Crippen molar-refractivity contribution in [3.63, 3.8) is 0 Å². The number of aryl methyl sites for hydroxylation is 2. The van der Waals surface area contributed by atoms with Crippen LogP contribution in [-0.4, -0.2) is 9.97 Å². The first-order chi connectivity index (χ1) is 8.47. The van der Waals surface area contributed by atoms with Gasteiger partial charge in [0.05, 0.1) is 5.69 Å². The molecule has 0 aliphatic carbocycles. The minimum atomic E-state index is -0.324. The molecule has 0 atom stereocenters. The van der Waals surface area contributed by atoms with Crippen LogP contribution in [0.1, 0.15) is 17.0 Å². The molecule has 0 aliphatic rings. The number of nitrogens with zero attached hydrogens (tertiary/aromatic N) is 2. The number of benzene rings is 1. The lowest BCUT2D eigenvalue weighted by Crippen LogP contribution is -2.05. The fraction of sp³-hybridized carbons (Fsp3) is 0.231. The Hall–Kier alpha value is -2.17. The average molecular weight is 246 g/mol. The molecule has 18 heavy (non-hydrogen) atoms. The number of nitrogens with two attached hydrogens (primary N) is 1. The second-order valence-corrected chi connectivity index (χ2v) is 4.24. The SMILES string of the molecule is Cc1ccc(F)c(Nc2nc(C)nc(N)c2C)c1. The Kier molecular flexibility index (Phi) is 3.14. The zero-order chi connectivity index (χ0) is 13.3. The summed E-state index contributed by atoms with van der Waals surface area (Å²) in [6, 6.07) is 4.86. The Labute approximate surface area is 105 Å².